The Morgan fingerprint density at radius 2 is 1.58 bits per heavy atom. The molecule has 1 heterocycles. The highest BCUT2D eigenvalue weighted by molar-refractivity contribution is 7.85. The predicted molar refractivity (Wildman–Crippen MR) is 105 cm³/mol. The van der Waals surface area contributed by atoms with Crippen LogP contribution in [0.3, 0.4) is 0 Å². The van der Waals surface area contributed by atoms with Crippen molar-refractivity contribution in [3.63, 3.8) is 0 Å². The summed E-state index contributed by atoms with van der Waals surface area (Å²) in [5.74, 6) is 0. The second-order valence-corrected chi connectivity index (χ2v) is 9.34. The van der Waals surface area contributed by atoms with Gasteiger partial charge in [0.2, 0.25) is 0 Å². The monoisotopic (exact) mass is 383 g/mol. The van der Waals surface area contributed by atoms with Gasteiger partial charge in [0.1, 0.15) is 0 Å². The van der Waals surface area contributed by atoms with E-state index in [2.05, 4.69) is 11.8 Å². The van der Waals surface area contributed by atoms with Crippen LogP contribution in [-0.4, -0.2) is 52.7 Å². The maximum atomic E-state index is 11.1. The van der Waals surface area contributed by atoms with Crippen molar-refractivity contribution in [3.8, 4) is 0 Å². The summed E-state index contributed by atoms with van der Waals surface area (Å²) in [5, 5.41) is 0. The zero-order chi connectivity index (χ0) is 19.6. The Hall–Kier alpha value is -1.09. The molecule has 26 heavy (non-hydrogen) atoms. The first kappa shape index (κ1) is 21.2. The predicted octanol–water partition coefficient (Wildman–Crippen LogP) is 2.18. The van der Waals surface area contributed by atoms with Crippen LogP contribution in [0.15, 0.2) is 24.3 Å². The number of hydrogen-bond donors (Lipinski definition) is 0. The van der Waals surface area contributed by atoms with Crippen LogP contribution in [0, 0.1) is 0 Å². The van der Waals surface area contributed by atoms with Gasteiger partial charge in [0.25, 0.3) is 10.1 Å². The van der Waals surface area contributed by atoms with Crippen LogP contribution >= 0.6 is 0 Å². The summed E-state index contributed by atoms with van der Waals surface area (Å²) in [5.41, 5.74) is 1.25. The quantitative estimate of drug-likeness (QED) is 0.507. The maximum absolute atomic E-state index is 11.1. The van der Waals surface area contributed by atoms with Crippen molar-refractivity contribution in [2.75, 3.05) is 30.9 Å². The molecule has 0 amide bonds. The highest BCUT2D eigenvalue weighted by Gasteiger charge is 2.51. The van der Waals surface area contributed by atoms with E-state index < -0.39 is 10.1 Å². The first-order chi connectivity index (χ1) is 12.0. The second kappa shape index (κ2) is 7.88. The Bertz CT molecular complexity index is 687. The van der Waals surface area contributed by atoms with Gasteiger partial charge < -0.3 is 14.2 Å². The van der Waals surface area contributed by atoms with E-state index in [9.17, 15) is 8.42 Å². The molecule has 1 aromatic carbocycles. The fourth-order valence-electron chi connectivity index (χ4n) is 2.76. The number of benzene rings is 1. The SMILES string of the molecule is CCCN(CCOS(C)(=O)=O)c1ccc(B2OC(C)(C)C(C)(C)O2)cc1. The largest absolute Gasteiger partial charge is 0.494 e. The molecule has 0 aromatic heterocycles. The average Bonchev–Trinajstić information content (AvgIpc) is 2.74. The van der Waals surface area contributed by atoms with Crippen LogP contribution in [-0.2, 0) is 23.6 Å². The van der Waals surface area contributed by atoms with E-state index in [0.29, 0.717) is 6.54 Å². The Morgan fingerprint density at radius 3 is 2.04 bits per heavy atom. The fourth-order valence-corrected chi connectivity index (χ4v) is 3.14. The lowest BCUT2D eigenvalue weighted by molar-refractivity contribution is 0.00578. The smallest absolute Gasteiger partial charge is 0.399 e. The molecular formula is C18H30BNO5S. The van der Waals surface area contributed by atoms with Gasteiger partial charge in [-0.15, -0.1) is 0 Å². The lowest BCUT2D eigenvalue weighted by atomic mass is 9.79. The van der Waals surface area contributed by atoms with Crippen LogP contribution in [0.1, 0.15) is 41.0 Å². The van der Waals surface area contributed by atoms with Crippen molar-refractivity contribution in [1.29, 1.82) is 0 Å². The first-order valence-electron chi connectivity index (χ1n) is 9.00. The minimum absolute atomic E-state index is 0.137. The third-order valence-corrected chi connectivity index (χ3v) is 5.53. The third kappa shape index (κ3) is 5.22. The number of anilines is 1. The molecular weight excluding hydrogens is 353 g/mol. The molecule has 1 fully saturated rings. The van der Waals surface area contributed by atoms with E-state index in [1.807, 2.05) is 52.0 Å². The molecule has 0 N–H and O–H groups in total. The second-order valence-electron chi connectivity index (χ2n) is 7.69. The number of hydrogen-bond acceptors (Lipinski definition) is 6. The van der Waals surface area contributed by atoms with Crippen molar-refractivity contribution in [1.82, 2.24) is 0 Å². The summed E-state index contributed by atoms with van der Waals surface area (Å²) < 4.78 is 39.3. The summed E-state index contributed by atoms with van der Waals surface area (Å²) in [6, 6.07) is 8.02. The van der Waals surface area contributed by atoms with E-state index in [4.69, 9.17) is 13.5 Å². The van der Waals surface area contributed by atoms with E-state index in [1.165, 1.54) is 0 Å². The molecule has 0 radical (unpaired) electrons. The van der Waals surface area contributed by atoms with Crippen LogP contribution in [0.2, 0.25) is 0 Å². The average molecular weight is 383 g/mol. The summed E-state index contributed by atoms with van der Waals surface area (Å²) >= 11 is 0. The standard InChI is InChI=1S/C18H30BNO5S/c1-7-12-20(13-14-23-26(6,21)22)16-10-8-15(9-11-16)19-24-17(2,3)18(4,5)25-19/h8-11H,7,12-14H2,1-6H3. The molecule has 0 saturated carbocycles. The van der Waals surface area contributed by atoms with Crippen LogP contribution in [0.25, 0.3) is 0 Å². The van der Waals surface area contributed by atoms with Gasteiger partial charge in [-0.05, 0) is 51.7 Å². The lowest BCUT2D eigenvalue weighted by Gasteiger charge is -2.32. The molecule has 1 aliphatic heterocycles. The van der Waals surface area contributed by atoms with Crippen molar-refractivity contribution in [3.05, 3.63) is 24.3 Å². The molecule has 1 saturated heterocycles. The zero-order valence-corrected chi connectivity index (χ0v) is 17.4. The molecule has 0 unspecified atom stereocenters. The molecule has 2 rings (SSSR count). The van der Waals surface area contributed by atoms with E-state index in [-0.39, 0.29) is 24.9 Å². The minimum atomic E-state index is -3.42. The van der Waals surface area contributed by atoms with Crippen LogP contribution in [0.4, 0.5) is 5.69 Å². The summed E-state index contributed by atoms with van der Waals surface area (Å²) in [6.07, 6.45) is 2.02. The molecule has 146 valence electrons. The van der Waals surface area contributed by atoms with Crippen molar-refractivity contribution >= 4 is 28.4 Å². The summed E-state index contributed by atoms with van der Waals surface area (Å²) in [4.78, 5) is 2.11. The number of rotatable bonds is 8. The molecule has 6 nitrogen and oxygen atoms in total. The molecule has 1 aromatic rings. The molecule has 8 heteroatoms. The van der Waals surface area contributed by atoms with Crippen molar-refractivity contribution in [2.24, 2.45) is 0 Å². The van der Waals surface area contributed by atoms with Gasteiger partial charge in [0.05, 0.1) is 24.1 Å². The van der Waals surface area contributed by atoms with Crippen LogP contribution < -0.4 is 10.4 Å². The number of nitrogens with zero attached hydrogens (tertiary/aromatic N) is 1. The fraction of sp³-hybridized carbons (Fsp3) is 0.667. The van der Waals surface area contributed by atoms with E-state index >= 15 is 0 Å². The molecule has 0 bridgehead atoms. The van der Waals surface area contributed by atoms with Gasteiger partial charge in [-0.25, -0.2) is 0 Å². The lowest BCUT2D eigenvalue weighted by Crippen LogP contribution is -2.41. The van der Waals surface area contributed by atoms with Gasteiger partial charge in [-0.2, -0.15) is 8.42 Å². The highest BCUT2D eigenvalue weighted by Crippen LogP contribution is 2.36. The van der Waals surface area contributed by atoms with Crippen molar-refractivity contribution < 1.29 is 21.9 Å². The molecule has 0 atom stereocenters. The Balaban J connectivity index is 2.06. The third-order valence-electron chi connectivity index (χ3n) is 4.94. The van der Waals surface area contributed by atoms with Gasteiger partial charge in [-0.1, -0.05) is 19.1 Å². The topological polar surface area (TPSA) is 65.1 Å². The van der Waals surface area contributed by atoms with Gasteiger partial charge >= 0.3 is 7.12 Å². The van der Waals surface area contributed by atoms with E-state index in [1.54, 1.807) is 0 Å². The molecule has 0 spiro atoms. The summed E-state index contributed by atoms with van der Waals surface area (Å²) in [6.45, 7) is 11.7. The molecule has 1 aliphatic rings. The zero-order valence-electron chi connectivity index (χ0n) is 16.6. The molecule has 0 aliphatic carbocycles. The highest BCUT2D eigenvalue weighted by atomic mass is 32.2. The Kier molecular flexibility index (Phi) is 6.43. The maximum Gasteiger partial charge on any atom is 0.494 e. The van der Waals surface area contributed by atoms with Gasteiger partial charge in [0, 0.05) is 18.8 Å². The van der Waals surface area contributed by atoms with Crippen LogP contribution in [0.5, 0.6) is 0 Å². The van der Waals surface area contributed by atoms with E-state index in [0.717, 1.165) is 30.4 Å². The normalized spacial score (nSPS) is 18.9. The van der Waals surface area contributed by atoms with Gasteiger partial charge in [-0.3, -0.25) is 4.18 Å². The van der Waals surface area contributed by atoms with Crippen molar-refractivity contribution in [2.45, 2.75) is 52.2 Å². The Labute approximate surface area is 158 Å². The minimum Gasteiger partial charge on any atom is -0.399 e. The van der Waals surface area contributed by atoms with Gasteiger partial charge in [0.15, 0.2) is 0 Å². The first-order valence-corrected chi connectivity index (χ1v) is 10.8. The Morgan fingerprint density at radius 1 is 1.04 bits per heavy atom. The summed E-state index contributed by atoms with van der Waals surface area (Å²) in [7, 11) is -3.80.